The van der Waals surface area contributed by atoms with Crippen LogP contribution >= 0.6 is 0 Å². The van der Waals surface area contributed by atoms with Gasteiger partial charge >= 0.3 is 0 Å². The molecule has 0 aromatic heterocycles. The molecule has 0 spiro atoms. The summed E-state index contributed by atoms with van der Waals surface area (Å²) in [5, 5.41) is 2.97. The Balaban J connectivity index is 1.85. The average molecular weight is 167 g/mol. The summed E-state index contributed by atoms with van der Waals surface area (Å²) in [7, 11) is 0. The number of hydrogen-bond acceptors (Lipinski definition) is 1. The van der Waals surface area contributed by atoms with Gasteiger partial charge in [-0.15, -0.1) is 0 Å². The van der Waals surface area contributed by atoms with Crippen LogP contribution in [0, 0.1) is 11.3 Å². The summed E-state index contributed by atoms with van der Waals surface area (Å²) in [4.78, 5) is 10.8. The molecule has 1 N–H and O–H groups in total. The van der Waals surface area contributed by atoms with Crippen LogP contribution in [-0.4, -0.2) is 12.5 Å². The molecule has 1 amide bonds. The minimum Gasteiger partial charge on any atom is -0.356 e. The molecule has 2 aliphatic rings. The summed E-state index contributed by atoms with van der Waals surface area (Å²) in [6, 6.07) is 0. The van der Waals surface area contributed by atoms with Crippen LogP contribution < -0.4 is 5.32 Å². The summed E-state index contributed by atoms with van der Waals surface area (Å²) < 4.78 is 0. The Morgan fingerprint density at radius 2 is 2.17 bits per heavy atom. The summed E-state index contributed by atoms with van der Waals surface area (Å²) >= 11 is 0. The van der Waals surface area contributed by atoms with Gasteiger partial charge in [0.05, 0.1) is 0 Å². The molecule has 0 radical (unpaired) electrons. The number of carbonyl (C=O) groups excluding carboxylic acids is 1. The van der Waals surface area contributed by atoms with E-state index >= 15 is 0 Å². The summed E-state index contributed by atoms with van der Waals surface area (Å²) in [5.41, 5.74) is 0.533. The lowest BCUT2D eigenvalue weighted by atomic mass is 9.65. The third-order valence-corrected chi connectivity index (χ3v) is 3.48. The van der Waals surface area contributed by atoms with Crippen LogP contribution in [0.15, 0.2) is 0 Å². The lowest BCUT2D eigenvalue weighted by Gasteiger charge is -2.42. The smallest absolute Gasteiger partial charge is 0.216 e. The van der Waals surface area contributed by atoms with Crippen molar-refractivity contribution in [3.05, 3.63) is 0 Å². The second-order valence-corrected chi connectivity index (χ2v) is 4.40. The third kappa shape index (κ3) is 1.35. The van der Waals surface area contributed by atoms with Crippen LogP contribution in [0.4, 0.5) is 0 Å². The van der Waals surface area contributed by atoms with Crippen molar-refractivity contribution in [3.8, 4) is 0 Å². The molecule has 0 aromatic rings. The van der Waals surface area contributed by atoms with E-state index in [4.69, 9.17) is 0 Å². The Morgan fingerprint density at radius 3 is 2.50 bits per heavy atom. The molecule has 2 aliphatic carbocycles. The van der Waals surface area contributed by atoms with E-state index in [1.165, 1.54) is 32.1 Å². The minimum absolute atomic E-state index is 0.127. The molecule has 0 unspecified atom stereocenters. The van der Waals surface area contributed by atoms with Crippen LogP contribution in [0.3, 0.4) is 0 Å². The van der Waals surface area contributed by atoms with Gasteiger partial charge in [-0.05, 0) is 37.0 Å². The van der Waals surface area contributed by atoms with Gasteiger partial charge in [0.15, 0.2) is 0 Å². The zero-order chi connectivity index (χ0) is 8.60. The fourth-order valence-electron chi connectivity index (χ4n) is 2.36. The Morgan fingerprint density at radius 1 is 1.50 bits per heavy atom. The lowest BCUT2D eigenvalue weighted by Crippen LogP contribution is -2.43. The van der Waals surface area contributed by atoms with E-state index in [1.807, 2.05) is 0 Å². The van der Waals surface area contributed by atoms with Crippen LogP contribution in [0.2, 0.25) is 0 Å². The van der Waals surface area contributed by atoms with Gasteiger partial charge < -0.3 is 5.32 Å². The second kappa shape index (κ2) is 2.75. The van der Waals surface area contributed by atoms with E-state index in [0.717, 1.165) is 12.5 Å². The summed E-state index contributed by atoms with van der Waals surface area (Å²) in [6.45, 7) is 2.55. The zero-order valence-corrected chi connectivity index (χ0v) is 7.73. The van der Waals surface area contributed by atoms with Crippen molar-refractivity contribution in [2.75, 3.05) is 6.54 Å². The second-order valence-electron chi connectivity index (χ2n) is 4.40. The third-order valence-electron chi connectivity index (χ3n) is 3.48. The van der Waals surface area contributed by atoms with E-state index < -0.39 is 0 Å². The molecule has 2 rings (SSSR count). The lowest BCUT2D eigenvalue weighted by molar-refractivity contribution is -0.120. The molecule has 2 fully saturated rings. The normalized spacial score (nSPS) is 26.1. The molecule has 0 aromatic carbocycles. The van der Waals surface area contributed by atoms with Crippen molar-refractivity contribution >= 4 is 5.91 Å². The fraction of sp³-hybridized carbons (Fsp3) is 0.900. The van der Waals surface area contributed by atoms with Crippen LogP contribution in [-0.2, 0) is 4.79 Å². The van der Waals surface area contributed by atoms with Gasteiger partial charge in [-0.1, -0.05) is 6.42 Å². The van der Waals surface area contributed by atoms with Crippen LogP contribution in [0.5, 0.6) is 0 Å². The maximum atomic E-state index is 10.8. The van der Waals surface area contributed by atoms with Gasteiger partial charge in [-0.3, -0.25) is 4.79 Å². The minimum atomic E-state index is 0.127. The topological polar surface area (TPSA) is 29.1 Å². The highest BCUT2D eigenvalue weighted by molar-refractivity contribution is 5.72. The molecule has 0 saturated heterocycles. The number of carbonyl (C=O) groups is 1. The molecule has 0 heterocycles. The monoisotopic (exact) mass is 167 g/mol. The quantitative estimate of drug-likeness (QED) is 0.681. The largest absolute Gasteiger partial charge is 0.356 e. The summed E-state index contributed by atoms with van der Waals surface area (Å²) in [6.07, 6.45) is 6.87. The number of hydrogen-bond donors (Lipinski definition) is 1. The van der Waals surface area contributed by atoms with Crippen molar-refractivity contribution in [1.82, 2.24) is 5.32 Å². The maximum Gasteiger partial charge on any atom is 0.216 e. The highest BCUT2D eigenvalue weighted by atomic mass is 16.1. The molecule has 0 bridgehead atoms. The van der Waals surface area contributed by atoms with Crippen molar-refractivity contribution in [1.29, 1.82) is 0 Å². The van der Waals surface area contributed by atoms with E-state index in [1.54, 1.807) is 6.92 Å². The fourth-order valence-corrected chi connectivity index (χ4v) is 2.36. The Labute approximate surface area is 73.7 Å². The number of rotatable bonds is 3. The molecule has 0 aliphatic heterocycles. The standard InChI is InChI=1S/C10H17NO/c1-8(12)11-7-10(5-2-6-10)9-3-4-9/h9H,2-7H2,1H3,(H,11,12). The first-order chi connectivity index (χ1) is 5.73. The maximum absolute atomic E-state index is 10.8. The van der Waals surface area contributed by atoms with Crippen LogP contribution in [0.1, 0.15) is 39.0 Å². The van der Waals surface area contributed by atoms with Crippen molar-refractivity contribution < 1.29 is 4.79 Å². The Bertz CT molecular complexity index is 192. The van der Waals surface area contributed by atoms with Gasteiger partial charge in [-0.2, -0.15) is 0 Å². The Kier molecular flexibility index (Phi) is 1.85. The summed E-state index contributed by atoms with van der Waals surface area (Å²) in [5.74, 6) is 1.07. The van der Waals surface area contributed by atoms with Crippen molar-refractivity contribution in [3.63, 3.8) is 0 Å². The predicted molar refractivity (Wildman–Crippen MR) is 47.7 cm³/mol. The predicted octanol–water partition coefficient (Wildman–Crippen LogP) is 1.70. The van der Waals surface area contributed by atoms with Gasteiger partial charge in [0.1, 0.15) is 0 Å². The Hall–Kier alpha value is -0.530. The van der Waals surface area contributed by atoms with Gasteiger partial charge in [-0.25, -0.2) is 0 Å². The highest BCUT2D eigenvalue weighted by Gasteiger charge is 2.48. The molecule has 2 saturated carbocycles. The molecule has 0 atom stereocenters. The molecule has 2 heteroatoms. The van der Waals surface area contributed by atoms with Crippen molar-refractivity contribution in [2.45, 2.75) is 39.0 Å². The van der Waals surface area contributed by atoms with Gasteiger partial charge in [0, 0.05) is 13.5 Å². The average Bonchev–Trinajstić information content (AvgIpc) is 2.67. The van der Waals surface area contributed by atoms with Gasteiger partial charge in [0.25, 0.3) is 0 Å². The zero-order valence-electron chi connectivity index (χ0n) is 7.73. The first kappa shape index (κ1) is 8.09. The SMILES string of the molecule is CC(=O)NCC1(C2CC2)CCC1. The molecular weight excluding hydrogens is 150 g/mol. The van der Waals surface area contributed by atoms with Crippen molar-refractivity contribution in [2.24, 2.45) is 11.3 Å². The molecule has 12 heavy (non-hydrogen) atoms. The van der Waals surface area contributed by atoms with Gasteiger partial charge in [0.2, 0.25) is 5.91 Å². The van der Waals surface area contributed by atoms with E-state index in [2.05, 4.69) is 5.32 Å². The van der Waals surface area contributed by atoms with E-state index in [0.29, 0.717) is 5.41 Å². The molecule has 2 nitrogen and oxygen atoms in total. The van der Waals surface area contributed by atoms with E-state index in [-0.39, 0.29) is 5.91 Å². The number of nitrogens with one attached hydrogen (secondary N) is 1. The highest BCUT2D eigenvalue weighted by Crippen LogP contribution is 2.56. The van der Waals surface area contributed by atoms with E-state index in [9.17, 15) is 4.79 Å². The first-order valence-corrected chi connectivity index (χ1v) is 4.97. The molecule has 68 valence electrons. The number of amides is 1. The molecular formula is C10H17NO. The first-order valence-electron chi connectivity index (χ1n) is 4.97. The van der Waals surface area contributed by atoms with Crippen LogP contribution in [0.25, 0.3) is 0 Å².